The molecule has 5 rings (SSSR count). The Morgan fingerprint density at radius 1 is 1.19 bits per heavy atom. The minimum absolute atomic E-state index is 0.0133. The second kappa shape index (κ2) is 8.03. The summed E-state index contributed by atoms with van der Waals surface area (Å²) in [5.74, 6) is 1.42. The van der Waals surface area contributed by atoms with Crippen LogP contribution in [0, 0.1) is 17.8 Å². The summed E-state index contributed by atoms with van der Waals surface area (Å²) in [4.78, 5) is 23.7. The topological polar surface area (TPSA) is 114 Å². The molecule has 3 fully saturated rings. The van der Waals surface area contributed by atoms with E-state index in [0.29, 0.717) is 12.0 Å². The molecule has 172 valence electrons. The third-order valence-corrected chi connectivity index (χ3v) is 8.03. The molecular weight excluding hydrogens is 404 g/mol. The molecule has 0 spiro atoms. The summed E-state index contributed by atoms with van der Waals surface area (Å²) in [7, 11) is 0. The average Bonchev–Trinajstić information content (AvgIpc) is 3.51. The number of piperidine rings is 2. The van der Waals surface area contributed by atoms with Crippen LogP contribution < -0.4 is 21.3 Å². The number of carbonyl (C=O) groups is 1. The van der Waals surface area contributed by atoms with Gasteiger partial charge < -0.3 is 21.3 Å². The summed E-state index contributed by atoms with van der Waals surface area (Å²) >= 11 is 0. The largest absolute Gasteiger partial charge is 0.369 e. The van der Waals surface area contributed by atoms with Gasteiger partial charge >= 0.3 is 0 Å². The van der Waals surface area contributed by atoms with Crippen molar-refractivity contribution in [2.24, 2.45) is 16.6 Å². The fourth-order valence-electron chi connectivity index (χ4n) is 5.58. The zero-order valence-corrected chi connectivity index (χ0v) is 19.1. The van der Waals surface area contributed by atoms with Gasteiger partial charge in [0.25, 0.3) is 0 Å². The quantitative estimate of drug-likeness (QED) is 0.635. The molecule has 32 heavy (non-hydrogen) atoms. The maximum Gasteiger partial charge on any atom is 0.229 e. The summed E-state index contributed by atoms with van der Waals surface area (Å²) in [6, 6.07) is 0.444. The van der Waals surface area contributed by atoms with Gasteiger partial charge in [-0.2, -0.15) is 10.1 Å². The average molecular weight is 439 g/mol. The van der Waals surface area contributed by atoms with E-state index < -0.39 is 0 Å². The monoisotopic (exact) mass is 438 g/mol. The molecule has 1 amide bonds. The van der Waals surface area contributed by atoms with Crippen molar-refractivity contribution in [3.63, 3.8) is 0 Å². The molecule has 4 heterocycles. The van der Waals surface area contributed by atoms with Crippen molar-refractivity contribution < 1.29 is 4.79 Å². The van der Waals surface area contributed by atoms with Gasteiger partial charge in [0.05, 0.1) is 23.3 Å². The Morgan fingerprint density at radius 2 is 1.91 bits per heavy atom. The van der Waals surface area contributed by atoms with E-state index >= 15 is 0 Å². The van der Waals surface area contributed by atoms with E-state index in [9.17, 15) is 4.79 Å². The number of aryl methyl sites for hydroxylation is 1. The molecule has 0 radical (unpaired) electrons. The second-order valence-electron chi connectivity index (χ2n) is 10.0. The van der Waals surface area contributed by atoms with Crippen LogP contribution in [0.15, 0.2) is 18.6 Å². The third-order valence-electron chi connectivity index (χ3n) is 8.03. The van der Waals surface area contributed by atoms with Gasteiger partial charge in [-0.05, 0) is 64.0 Å². The number of nitrogens with zero attached hydrogens (tertiary/aromatic N) is 5. The standard InChI is InChI=1S/C23H34N8O/c1-16-13-26-21(28-17-14-27-31(15-17)18-3-9-25-10-4-18)29-19(16)30-11-7-22(2,8-12-30)23(5-6-23)20(24)32/h13-15,18,25H,3-12H2,1-2H3,(H2,24,32)(H,26,28,29). The van der Waals surface area contributed by atoms with Crippen LogP contribution in [0.4, 0.5) is 17.5 Å². The Kier molecular flexibility index (Phi) is 5.31. The number of anilines is 3. The molecule has 2 aliphatic heterocycles. The molecule has 3 aliphatic rings. The van der Waals surface area contributed by atoms with Gasteiger partial charge in [0.1, 0.15) is 5.82 Å². The van der Waals surface area contributed by atoms with Crippen molar-refractivity contribution in [2.75, 3.05) is 36.4 Å². The zero-order chi connectivity index (χ0) is 22.3. The van der Waals surface area contributed by atoms with Gasteiger partial charge in [0.15, 0.2) is 0 Å². The van der Waals surface area contributed by atoms with E-state index in [1.54, 1.807) is 0 Å². The number of hydrogen-bond donors (Lipinski definition) is 3. The van der Waals surface area contributed by atoms with Gasteiger partial charge in [-0.15, -0.1) is 0 Å². The van der Waals surface area contributed by atoms with Gasteiger partial charge in [-0.25, -0.2) is 4.98 Å². The molecule has 2 aromatic heterocycles. The van der Waals surface area contributed by atoms with Crippen molar-refractivity contribution in [3.8, 4) is 0 Å². The van der Waals surface area contributed by atoms with E-state index in [4.69, 9.17) is 10.7 Å². The van der Waals surface area contributed by atoms with Crippen molar-refractivity contribution >= 4 is 23.4 Å². The van der Waals surface area contributed by atoms with Crippen LogP contribution in [0.2, 0.25) is 0 Å². The molecule has 0 aromatic carbocycles. The van der Waals surface area contributed by atoms with E-state index in [2.05, 4.69) is 37.2 Å². The summed E-state index contributed by atoms with van der Waals surface area (Å²) in [6.07, 6.45) is 11.7. The van der Waals surface area contributed by atoms with E-state index in [0.717, 1.165) is 81.8 Å². The number of nitrogens with one attached hydrogen (secondary N) is 2. The highest BCUT2D eigenvalue weighted by Gasteiger charge is 2.61. The van der Waals surface area contributed by atoms with E-state index in [1.165, 1.54) is 0 Å². The highest BCUT2D eigenvalue weighted by Crippen LogP contribution is 2.62. The highest BCUT2D eigenvalue weighted by atomic mass is 16.1. The summed E-state index contributed by atoms with van der Waals surface area (Å²) in [5, 5.41) is 11.3. The smallest absolute Gasteiger partial charge is 0.229 e. The molecule has 1 aliphatic carbocycles. The summed E-state index contributed by atoms with van der Waals surface area (Å²) < 4.78 is 2.05. The molecule has 2 aromatic rings. The predicted octanol–water partition coefficient (Wildman–Crippen LogP) is 2.52. The Hall–Kier alpha value is -2.68. The number of rotatable bonds is 6. The van der Waals surface area contributed by atoms with Crippen LogP contribution in [0.3, 0.4) is 0 Å². The lowest BCUT2D eigenvalue weighted by atomic mass is 9.67. The van der Waals surface area contributed by atoms with Crippen LogP contribution in [0.1, 0.15) is 57.1 Å². The Morgan fingerprint density at radius 3 is 2.56 bits per heavy atom. The zero-order valence-electron chi connectivity index (χ0n) is 19.1. The van der Waals surface area contributed by atoms with Gasteiger partial charge in [-0.1, -0.05) is 6.92 Å². The summed E-state index contributed by atoms with van der Waals surface area (Å²) in [5.41, 5.74) is 7.43. The highest BCUT2D eigenvalue weighted by molar-refractivity contribution is 5.84. The Balaban J connectivity index is 1.27. The first-order valence-corrected chi connectivity index (χ1v) is 11.8. The maximum absolute atomic E-state index is 12.1. The SMILES string of the molecule is Cc1cnc(Nc2cnn(C3CCNCC3)c2)nc1N1CCC(C)(C2(C(N)=O)CC2)CC1. The second-order valence-corrected chi connectivity index (χ2v) is 10.0. The Labute approximate surface area is 189 Å². The molecule has 0 atom stereocenters. The number of aromatic nitrogens is 4. The predicted molar refractivity (Wildman–Crippen MR) is 124 cm³/mol. The number of hydrogen-bond acceptors (Lipinski definition) is 7. The number of amides is 1. The van der Waals surface area contributed by atoms with Crippen LogP contribution in [0.25, 0.3) is 0 Å². The molecule has 9 heteroatoms. The van der Waals surface area contributed by atoms with E-state index in [1.807, 2.05) is 25.5 Å². The maximum atomic E-state index is 12.1. The minimum atomic E-state index is -0.291. The fraction of sp³-hybridized carbons (Fsp3) is 0.652. The minimum Gasteiger partial charge on any atom is -0.369 e. The van der Waals surface area contributed by atoms with Crippen LogP contribution in [-0.2, 0) is 4.79 Å². The third kappa shape index (κ3) is 3.72. The lowest BCUT2D eigenvalue weighted by Crippen LogP contribution is -2.48. The first-order valence-electron chi connectivity index (χ1n) is 11.8. The van der Waals surface area contributed by atoms with Crippen LogP contribution in [0.5, 0.6) is 0 Å². The molecule has 4 N–H and O–H groups in total. The van der Waals surface area contributed by atoms with Crippen molar-refractivity contribution in [3.05, 3.63) is 24.2 Å². The number of primary amides is 1. The number of nitrogens with two attached hydrogens (primary N) is 1. The first kappa shape index (κ1) is 21.2. The molecule has 1 saturated carbocycles. The normalized spacial score (nSPS) is 22.5. The van der Waals surface area contributed by atoms with E-state index in [-0.39, 0.29) is 16.7 Å². The van der Waals surface area contributed by atoms with Crippen molar-refractivity contribution in [1.82, 2.24) is 25.1 Å². The summed E-state index contributed by atoms with van der Waals surface area (Å²) in [6.45, 7) is 8.10. The van der Waals surface area contributed by atoms with Gasteiger partial charge in [0, 0.05) is 31.0 Å². The van der Waals surface area contributed by atoms with Crippen LogP contribution in [-0.4, -0.2) is 51.8 Å². The van der Waals surface area contributed by atoms with Crippen molar-refractivity contribution in [2.45, 2.75) is 58.4 Å². The fourth-order valence-corrected chi connectivity index (χ4v) is 5.58. The molecule has 0 bridgehead atoms. The molecule has 9 nitrogen and oxygen atoms in total. The number of carbonyl (C=O) groups excluding carboxylic acids is 1. The first-order chi connectivity index (χ1) is 15.4. The lowest BCUT2D eigenvalue weighted by Gasteiger charge is -2.44. The molecule has 2 saturated heterocycles. The molecular formula is C23H34N8O. The van der Waals surface area contributed by atoms with Gasteiger partial charge in [-0.3, -0.25) is 9.48 Å². The Bertz CT molecular complexity index is 984. The van der Waals surface area contributed by atoms with Gasteiger partial charge in [0.2, 0.25) is 11.9 Å². The van der Waals surface area contributed by atoms with Crippen molar-refractivity contribution in [1.29, 1.82) is 0 Å². The lowest BCUT2D eigenvalue weighted by molar-refractivity contribution is -0.128. The van der Waals surface area contributed by atoms with Crippen LogP contribution >= 0.6 is 0 Å². The molecule has 0 unspecified atom stereocenters.